The summed E-state index contributed by atoms with van der Waals surface area (Å²) in [5.74, 6) is 0. The molecular weight excluding hydrogens is 304 g/mol. The Hall–Kier alpha value is -2.34. The van der Waals surface area contributed by atoms with Crippen molar-refractivity contribution in [3.63, 3.8) is 0 Å². The van der Waals surface area contributed by atoms with Crippen molar-refractivity contribution in [2.45, 2.75) is 20.4 Å². The number of carbonyl (C=O) groups excluding carboxylic acids is 1. The van der Waals surface area contributed by atoms with Crippen molar-refractivity contribution in [1.82, 2.24) is 14.9 Å². The van der Waals surface area contributed by atoms with Crippen LogP contribution in [0.2, 0.25) is 5.02 Å². The summed E-state index contributed by atoms with van der Waals surface area (Å²) in [7, 11) is 0. The van der Waals surface area contributed by atoms with E-state index in [2.05, 4.69) is 15.6 Å². The maximum Gasteiger partial charge on any atom is 0.319 e. The van der Waals surface area contributed by atoms with Gasteiger partial charge >= 0.3 is 6.03 Å². The minimum atomic E-state index is -0.341. The molecular formula is C15H17ClN4O2. The number of rotatable bonds is 4. The van der Waals surface area contributed by atoms with E-state index in [0.29, 0.717) is 29.4 Å². The largest absolute Gasteiger partial charge is 0.336 e. The topological polar surface area (TPSA) is 76.0 Å². The van der Waals surface area contributed by atoms with Crippen LogP contribution in [0.4, 0.5) is 10.5 Å². The van der Waals surface area contributed by atoms with Crippen molar-refractivity contribution in [1.29, 1.82) is 0 Å². The molecule has 0 aliphatic rings. The molecule has 116 valence electrons. The van der Waals surface area contributed by atoms with Crippen molar-refractivity contribution >= 4 is 23.3 Å². The van der Waals surface area contributed by atoms with Crippen LogP contribution in [0.5, 0.6) is 0 Å². The Balaban J connectivity index is 1.86. The average Bonchev–Trinajstić information content (AvgIpc) is 2.49. The zero-order valence-corrected chi connectivity index (χ0v) is 13.1. The zero-order chi connectivity index (χ0) is 16.1. The number of benzene rings is 1. The van der Waals surface area contributed by atoms with Crippen LogP contribution in [0.1, 0.15) is 11.3 Å². The highest BCUT2D eigenvalue weighted by Gasteiger charge is 2.05. The number of aryl methyl sites for hydroxylation is 1. The van der Waals surface area contributed by atoms with Crippen molar-refractivity contribution in [3.8, 4) is 0 Å². The molecule has 2 aromatic rings. The molecule has 0 spiro atoms. The summed E-state index contributed by atoms with van der Waals surface area (Å²) in [6, 6.07) is 6.46. The van der Waals surface area contributed by atoms with Gasteiger partial charge in [-0.25, -0.2) is 9.78 Å². The fraction of sp³-hybridized carbons (Fsp3) is 0.267. The first-order valence-corrected chi connectivity index (χ1v) is 7.18. The molecule has 2 rings (SSSR count). The van der Waals surface area contributed by atoms with Crippen molar-refractivity contribution in [2.24, 2.45) is 0 Å². The molecule has 0 aliphatic heterocycles. The number of aromatic nitrogens is 2. The van der Waals surface area contributed by atoms with Gasteiger partial charge in [0, 0.05) is 35.1 Å². The lowest BCUT2D eigenvalue weighted by atomic mass is 10.3. The molecule has 0 radical (unpaired) electrons. The Morgan fingerprint density at radius 3 is 2.64 bits per heavy atom. The van der Waals surface area contributed by atoms with Gasteiger partial charge in [-0.2, -0.15) is 0 Å². The van der Waals surface area contributed by atoms with Gasteiger partial charge in [0.25, 0.3) is 5.56 Å². The van der Waals surface area contributed by atoms with E-state index in [1.165, 1.54) is 10.9 Å². The van der Waals surface area contributed by atoms with Gasteiger partial charge in [0.05, 0.1) is 6.33 Å². The molecule has 22 heavy (non-hydrogen) atoms. The number of anilines is 1. The molecule has 0 bridgehead atoms. The third kappa shape index (κ3) is 4.08. The fourth-order valence-corrected chi connectivity index (χ4v) is 1.96. The molecule has 2 N–H and O–H groups in total. The van der Waals surface area contributed by atoms with E-state index >= 15 is 0 Å². The molecule has 0 saturated carbocycles. The first-order valence-electron chi connectivity index (χ1n) is 6.80. The summed E-state index contributed by atoms with van der Waals surface area (Å²) in [4.78, 5) is 27.8. The van der Waals surface area contributed by atoms with Crippen LogP contribution in [0, 0.1) is 13.8 Å². The lowest BCUT2D eigenvalue weighted by molar-refractivity contribution is 0.251. The van der Waals surface area contributed by atoms with Crippen LogP contribution in [-0.4, -0.2) is 22.1 Å². The van der Waals surface area contributed by atoms with Crippen LogP contribution in [0.15, 0.2) is 35.4 Å². The normalized spacial score (nSPS) is 10.3. The number of nitrogens with one attached hydrogen (secondary N) is 2. The van der Waals surface area contributed by atoms with E-state index in [1.54, 1.807) is 38.1 Å². The number of urea groups is 1. The highest BCUT2D eigenvalue weighted by atomic mass is 35.5. The molecule has 6 nitrogen and oxygen atoms in total. The molecule has 7 heteroatoms. The molecule has 0 saturated heterocycles. The summed E-state index contributed by atoms with van der Waals surface area (Å²) in [5, 5.41) is 5.97. The number of nitrogens with zero attached hydrogens (tertiary/aromatic N) is 2. The second-order valence-corrected chi connectivity index (χ2v) is 5.28. The highest BCUT2D eigenvalue weighted by Crippen LogP contribution is 2.12. The third-order valence-electron chi connectivity index (χ3n) is 3.26. The minimum absolute atomic E-state index is 0.0904. The summed E-state index contributed by atoms with van der Waals surface area (Å²) in [5.41, 5.74) is 1.89. The van der Waals surface area contributed by atoms with Crippen LogP contribution in [0.25, 0.3) is 0 Å². The molecule has 1 aromatic carbocycles. The summed E-state index contributed by atoms with van der Waals surface area (Å²) in [6.45, 7) is 4.21. The van der Waals surface area contributed by atoms with Crippen LogP contribution < -0.4 is 16.2 Å². The van der Waals surface area contributed by atoms with Gasteiger partial charge in [-0.1, -0.05) is 11.6 Å². The molecule has 2 amide bonds. The Kier molecular flexibility index (Phi) is 5.16. The predicted molar refractivity (Wildman–Crippen MR) is 86.4 cm³/mol. The second kappa shape index (κ2) is 7.09. The number of hydrogen-bond donors (Lipinski definition) is 2. The first kappa shape index (κ1) is 16.0. The van der Waals surface area contributed by atoms with Crippen molar-refractivity contribution < 1.29 is 4.79 Å². The van der Waals surface area contributed by atoms with E-state index in [9.17, 15) is 9.59 Å². The molecule has 0 unspecified atom stereocenters. The van der Waals surface area contributed by atoms with Gasteiger partial charge in [0.15, 0.2) is 0 Å². The van der Waals surface area contributed by atoms with E-state index in [-0.39, 0.29) is 11.6 Å². The molecule has 0 aliphatic carbocycles. The number of amides is 2. The van der Waals surface area contributed by atoms with Gasteiger partial charge in [-0.15, -0.1) is 0 Å². The Morgan fingerprint density at radius 1 is 1.27 bits per heavy atom. The standard InChI is InChI=1S/C15H17ClN4O2/c1-10-11(2)18-9-20(14(10)21)8-7-17-15(22)19-13-5-3-12(16)4-6-13/h3-6,9H,7-8H2,1-2H3,(H2,17,19,22). The molecule has 1 aromatic heterocycles. The van der Waals surface area contributed by atoms with Crippen molar-refractivity contribution in [3.05, 3.63) is 57.2 Å². The first-order chi connectivity index (χ1) is 10.5. The molecule has 0 fully saturated rings. The monoisotopic (exact) mass is 320 g/mol. The molecule has 1 heterocycles. The van der Waals surface area contributed by atoms with E-state index in [0.717, 1.165) is 5.69 Å². The van der Waals surface area contributed by atoms with E-state index in [1.807, 2.05) is 0 Å². The number of carbonyl (C=O) groups is 1. The number of halogens is 1. The van der Waals surface area contributed by atoms with Crippen molar-refractivity contribution in [2.75, 3.05) is 11.9 Å². The van der Waals surface area contributed by atoms with Gasteiger partial charge in [0.2, 0.25) is 0 Å². The van der Waals surface area contributed by atoms with E-state index in [4.69, 9.17) is 11.6 Å². The highest BCUT2D eigenvalue weighted by molar-refractivity contribution is 6.30. The van der Waals surface area contributed by atoms with Gasteiger partial charge in [0.1, 0.15) is 0 Å². The van der Waals surface area contributed by atoms with Crippen LogP contribution in [-0.2, 0) is 6.54 Å². The van der Waals surface area contributed by atoms with Crippen LogP contribution in [0.3, 0.4) is 0 Å². The Morgan fingerprint density at radius 2 is 1.95 bits per heavy atom. The maximum atomic E-state index is 12.0. The van der Waals surface area contributed by atoms with E-state index < -0.39 is 0 Å². The Labute approximate surface area is 133 Å². The zero-order valence-electron chi connectivity index (χ0n) is 12.4. The van der Waals surface area contributed by atoms with Gasteiger partial charge in [-0.05, 0) is 38.1 Å². The average molecular weight is 321 g/mol. The Bertz CT molecular complexity index is 725. The maximum absolute atomic E-state index is 12.0. The predicted octanol–water partition coefficient (Wildman–Crippen LogP) is 2.34. The van der Waals surface area contributed by atoms with Gasteiger partial charge < -0.3 is 10.6 Å². The number of hydrogen-bond acceptors (Lipinski definition) is 3. The fourth-order valence-electron chi connectivity index (χ4n) is 1.83. The summed E-state index contributed by atoms with van der Waals surface area (Å²) >= 11 is 5.77. The quantitative estimate of drug-likeness (QED) is 0.907. The minimum Gasteiger partial charge on any atom is -0.336 e. The third-order valence-corrected chi connectivity index (χ3v) is 3.51. The smallest absolute Gasteiger partial charge is 0.319 e. The molecule has 0 atom stereocenters. The lowest BCUT2D eigenvalue weighted by Crippen LogP contribution is -2.34. The lowest BCUT2D eigenvalue weighted by Gasteiger charge is -2.10. The SMILES string of the molecule is Cc1ncn(CCNC(=O)Nc2ccc(Cl)cc2)c(=O)c1C. The second-order valence-electron chi connectivity index (χ2n) is 4.84. The summed E-state index contributed by atoms with van der Waals surface area (Å²) < 4.78 is 1.48. The van der Waals surface area contributed by atoms with Crippen LogP contribution >= 0.6 is 11.6 Å². The summed E-state index contributed by atoms with van der Waals surface area (Å²) in [6.07, 6.45) is 1.49. The van der Waals surface area contributed by atoms with Gasteiger partial charge in [-0.3, -0.25) is 9.36 Å².